The second-order valence-electron chi connectivity index (χ2n) is 4.60. The van der Waals surface area contributed by atoms with E-state index in [2.05, 4.69) is 12.2 Å². The average molecular weight is 259 g/mol. The van der Waals surface area contributed by atoms with Crippen LogP contribution in [0.25, 0.3) is 0 Å². The minimum Gasteiger partial charge on any atom is -0.316 e. The highest BCUT2D eigenvalue weighted by atomic mass is 19.4. The summed E-state index contributed by atoms with van der Waals surface area (Å²) in [6.07, 6.45) is -2.31. The third-order valence-electron chi connectivity index (χ3n) is 3.31. The van der Waals surface area contributed by atoms with Gasteiger partial charge in [0.15, 0.2) is 0 Å². The van der Waals surface area contributed by atoms with Crippen LogP contribution in [0, 0.1) is 0 Å². The Hall–Kier alpha value is -1.03. The van der Waals surface area contributed by atoms with Gasteiger partial charge >= 0.3 is 6.18 Å². The molecule has 102 valence electrons. The topological polar surface area (TPSA) is 12.0 Å². The molecule has 1 rings (SSSR count). The zero-order chi connectivity index (χ0) is 13.8. The third-order valence-corrected chi connectivity index (χ3v) is 3.31. The highest BCUT2D eigenvalue weighted by molar-refractivity contribution is 5.28. The van der Waals surface area contributed by atoms with Crippen molar-refractivity contribution < 1.29 is 13.2 Å². The second-order valence-corrected chi connectivity index (χ2v) is 4.60. The van der Waals surface area contributed by atoms with Gasteiger partial charge in [0.1, 0.15) is 0 Å². The van der Waals surface area contributed by atoms with E-state index in [9.17, 15) is 13.2 Å². The predicted molar refractivity (Wildman–Crippen MR) is 67.6 cm³/mol. The number of benzene rings is 1. The van der Waals surface area contributed by atoms with E-state index in [0.29, 0.717) is 0 Å². The SMILES string of the molecule is CCCC(NC)C(C)c1cccc(C(F)(F)F)c1. The number of likely N-dealkylation sites (N-methyl/N-ethyl adjacent to an activating group) is 1. The maximum atomic E-state index is 12.6. The predicted octanol–water partition coefficient (Wildman–Crippen LogP) is 4.20. The molecule has 0 amide bonds. The van der Waals surface area contributed by atoms with Crippen molar-refractivity contribution in [3.05, 3.63) is 35.4 Å². The van der Waals surface area contributed by atoms with Crippen LogP contribution in [-0.2, 0) is 6.18 Å². The zero-order valence-corrected chi connectivity index (χ0v) is 11.0. The summed E-state index contributed by atoms with van der Waals surface area (Å²) in [6.45, 7) is 4.04. The quantitative estimate of drug-likeness (QED) is 0.835. The lowest BCUT2D eigenvalue weighted by Crippen LogP contribution is -2.30. The van der Waals surface area contributed by atoms with E-state index in [1.165, 1.54) is 12.1 Å². The highest BCUT2D eigenvalue weighted by Gasteiger charge is 2.31. The van der Waals surface area contributed by atoms with Crippen LogP contribution in [0.1, 0.15) is 43.7 Å². The molecule has 1 aromatic rings. The molecule has 0 saturated carbocycles. The fraction of sp³-hybridized carbons (Fsp3) is 0.571. The third kappa shape index (κ3) is 3.73. The Bertz CT molecular complexity index is 374. The van der Waals surface area contributed by atoms with Gasteiger partial charge < -0.3 is 5.32 Å². The first-order valence-electron chi connectivity index (χ1n) is 6.24. The van der Waals surface area contributed by atoms with E-state index in [1.54, 1.807) is 6.07 Å². The first-order valence-corrected chi connectivity index (χ1v) is 6.24. The zero-order valence-electron chi connectivity index (χ0n) is 11.0. The molecule has 0 aliphatic carbocycles. The molecule has 0 saturated heterocycles. The molecular weight excluding hydrogens is 239 g/mol. The largest absolute Gasteiger partial charge is 0.416 e. The highest BCUT2D eigenvalue weighted by Crippen LogP contribution is 2.32. The van der Waals surface area contributed by atoms with Gasteiger partial charge in [-0.15, -0.1) is 0 Å². The Morgan fingerprint density at radius 3 is 2.44 bits per heavy atom. The molecule has 0 heterocycles. The van der Waals surface area contributed by atoms with Crippen LogP contribution in [-0.4, -0.2) is 13.1 Å². The van der Waals surface area contributed by atoms with Crippen molar-refractivity contribution in [3.8, 4) is 0 Å². The number of hydrogen-bond acceptors (Lipinski definition) is 1. The summed E-state index contributed by atoms with van der Waals surface area (Å²) in [6, 6.07) is 5.82. The van der Waals surface area contributed by atoms with Gasteiger partial charge in [-0.2, -0.15) is 13.2 Å². The molecule has 1 nitrogen and oxygen atoms in total. The molecule has 0 aliphatic heterocycles. The molecule has 1 N–H and O–H groups in total. The number of nitrogens with one attached hydrogen (secondary N) is 1. The van der Waals surface area contributed by atoms with Gasteiger partial charge in [-0.05, 0) is 31.0 Å². The minimum atomic E-state index is -4.27. The Balaban J connectivity index is 2.95. The van der Waals surface area contributed by atoms with Crippen LogP contribution >= 0.6 is 0 Å². The number of halogens is 3. The molecule has 18 heavy (non-hydrogen) atoms. The lowest BCUT2D eigenvalue weighted by atomic mass is 9.89. The van der Waals surface area contributed by atoms with Gasteiger partial charge in [0, 0.05) is 6.04 Å². The molecule has 0 fully saturated rings. The summed E-state index contributed by atoms with van der Waals surface area (Å²) in [4.78, 5) is 0. The Kier molecular flexibility index (Phi) is 5.20. The first kappa shape index (κ1) is 15.0. The van der Waals surface area contributed by atoms with Crippen molar-refractivity contribution in [3.63, 3.8) is 0 Å². The number of rotatable bonds is 5. The van der Waals surface area contributed by atoms with E-state index >= 15 is 0 Å². The van der Waals surface area contributed by atoms with Gasteiger partial charge in [-0.1, -0.05) is 38.5 Å². The van der Waals surface area contributed by atoms with Gasteiger partial charge in [0.25, 0.3) is 0 Å². The van der Waals surface area contributed by atoms with E-state index in [1.807, 2.05) is 14.0 Å². The molecule has 0 bridgehead atoms. The van der Waals surface area contributed by atoms with Crippen molar-refractivity contribution in [1.29, 1.82) is 0 Å². The molecule has 2 unspecified atom stereocenters. The normalized spacial score (nSPS) is 15.4. The van der Waals surface area contributed by atoms with E-state index in [4.69, 9.17) is 0 Å². The Morgan fingerprint density at radius 2 is 1.94 bits per heavy atom. The summed E-state index contributed by atoms with van der Waals surface area (Å²) in [5.41, 5.74) is 0.163. The van der Waals surface area contributed by atoms with Gasteiger partial charge in [0.05, 0.1) is 5.56 Å². The molecule has 0 aliphatic rings. The monoisotopic (exact) mass is 259 g/mol. The minimum absolute atomic E-state index is 0.0669. The molecule has 0 spiro atoms. The van der Waals surface area contributed by atoms with E-state index < -0.39 is 11.7 Å². The molecule has 2 atom stereocenters. The fourth-order valence-electron chi connectivity index (χ4n) is 2.19. The number of alkyl halides is 3. The molecule has 0 radical (unpaired) electrons. The van der Waals surface area contributed by atoms with Crippen LogP contribution in [0.3, 0.4) is 0 Å². The van der Waals surface area contributed by atoms with E-state index in [-0.39, 0.29) is 12.0 Å². The van der Waals surface area contributed by atoms with E-state index in [0.717, 1.165) is 24.5 Å². The van der Waals surface area contributed by atoms with Crippen molar-refractivity contribution >= 4 is 0 Å². The summed E-state index contributed by atoms with van der Waals surface area (Å²) >= 11 is 0. The van der Waals surface area contributed by atoms with Crippen molar-refractivity contribution in [1.82, 2.24) is 5.32 Å². The molecule has 4 heteroatoms. The lowest BCUT2D eigenvalue weighted by Gasteiger charge is -2.24. The first-order chi connectivity index (χ1) is 8.40. The fourth-order valence-corrected chi connectivity index (χ4v) is 2.19. The maximum absolute atomic E-state index is 12.6. The summed E-state index contributed by atoms with van der Waals surface area (Å²) in [7, 11) is 1.85. The van der Waals surface area contributed by atoms with Gasteiger partial charge in [-0.3, -0.25) is 0 Å². The smallest absolute Gasteiger partial charge is 0.316 e. The van der Waals surface area contributed by atoms with Crippen LogP contribution in [0.4, 0.5) is 13.2 Å². The lowest BCUT2D eigenvalue weighted by molar-refractivity contribution is -0.137. The Labute approximate surface area is 106 Å². The number of hydrogen-bond donors (Lipinski definition) is 1. The van der Waals surface area contributed by atoms with Crippen LogP contribution in [0.2, 0.25) is 0 Å². The van der Waals surface area contributed by atoms with Crippen LogP contribution < -0.4 is 5.32 Å². The molecule has 0 aromatic heterocycles. The maximum Gasteiger partial charge on any atom is 0.416 e. The van der Waals surface area contributed by atoms with Gasteiger partial charge in [-0.25, -0.2) is 0 Å². The summed E-state index contributed by atoms with van der Waals surface area (Å²) in [5, 5.41) is 3.18. The Morgan fingerprint density at radius 1 is 1.28 bits per heavy atom. The standard InChI is InChI=1S/C14H20F3N/c1-4-6-13(18-3)10(2)11-7-5-8-12(9-11)14(15,16)17/h5,7-10,13,18H,4,6H2,1-3H3. The van der Waals surface area contributed by atoms with Gasteiger partial charge in [0.2, 0.25) is 0 Å². The average Bonchev–Trinajstić information content (AvgIpc) is 2.34. The van der Waals surface area contributed by atoms with Crippen molar-refractivity contribution in [2.75, 3.05) is 7.05 Å². The van der Waals surface area contributed by atoms with Crippen molar-refractivity contribution in [2.45, 2.75) is 44.8 Å². The summed E-state index contributed by atoms with van der Waals surface area (Å²) in [5.74, 6) is 0.0669. The second kappa shape index (κ2) is 6.23. The summed E-state index contributed by atoms with van der Waals surface area (Å²) < 4.78 is 37.9. The van der Waals surface area contributed by atoms with Crippen molar-refractivity contribution in [2.24, 2.45) is 0 Å². The molecule has 1 aromatic carbocycles. The van der Waals surface area contributed by atoms with Crippen LogP contribution in [0.15, 0.2) is 24.3 Å². The van der Waals surface area contributed by atoms with Crippen LogP contribution in [0.5, 0.6) is 0 Å². The molecular formula is C14H20F3N.